The fourth-order valence-electron chi connectivity index (χ4n) is 3.90. The third kappa shape index (κ3) is 5.05. The minimum absolute atomic E-state index is 0.0374. The molecule has 0 saturated carbocycles. The van der Waals surface area contributed by atoms with Crippen molar-refractivity contribution in [1.29, 1.82) is 0 Å². The first kappa shape index (κ1) is 20.7. The summed E-state index contributed by atoms with van der Waals surface area (Å²) in [7, 11) is 0. The first-order valence-electron chi connectivity index (χ1n) is 9.95. The maximum atomic E-state index is 13.8. The average Bonchev–Trinajstić information content (AvgIpc) is 3.23. The van der Waals surface area contributed by atoms with Gasteiger partial charge in [0.15, 0.2) is 0 Å². The molecular weight excluding hydrogens is 366 g/mol. The lowest BCUT2D eigenvalue weighted by Crippen LogP contribution is -2.50. The standard InChI is InChI=1S/C20H28F2N4O2/c1-13(19(27)25-18-15(21)6-2-7-16(18)22)26-10-4-5-14(12-26)11-24-20(28)17-8-3-9-23-17/h2,6-7,13-14,17,23H,3-5,8-12H2,1H3,(H,24,28)(H,25,27). The van der Waals surface area contributed by atoms with Gasteiger partial charge in [-0.3, -0.25) is 14.5 Å². The van der Waals surface area contributed by atoms with Crippen LogP contribution in [-0.2, 0) is 9.59 Å². The van der Waals surface area contributed by atoms with Crippen molar-refractivity contribution in [3.8, 4) is 0 Å². The van der Waals surface area contributed by atoms with Gasteiger partial charge in [0, 0.05) is 13.1 Å². The number of rotatable bonds is 6. The topological polar surface area (TPSA) is 73.5 Å². The number of hydrogen-bond acceptors (Lipinski definition) is 4. The van der Waals surface area contributed by atoms with Gasteiger partial charge in [-0.2, -0.15) is 0 Å². The maximum Gasteiger partial charge on any atom is 0.241 e. The smallest absolute Gasteiger partial charge is 0.241 e. The van der Waals surface area contributed by atoms with E-state index < -0.39 is 29.3 Å². The number of amides is 2. The number of nitrogens with one attached hydrogen (secondary N) is 3. The summed E-state index contributed by atoms with van der Waals surface area (Å²) in [5, 5.41) is 8.56. The van der Waals surface area contributed by atoms with Gasteiger partial charge in [-0.1, -0.05) is 6.07 Å². The summed E-state index contributed by atoms with van der Waals surface area (Å²) in [6.07, 6.45) is 3.77. The highest BCUT2D eigenvalue weighted by Gasteiger charge is 2.29. The van der Waals surface area contributed by atoms with E-state index in [1.807, 2.05) is 4.90 Å². The molecule has 2 aliphatic heterocycles. The predicted molar refractivity (Wildman–Crippen MR) is 103 cm³/mol. The molecule has 3 unspecified atom stereocenters. The Bertz CT molecular complexity index is 689. The van der Waals surface area contributed by atoms with Crippen LogP contribution in [0.3, 0.4) is 0 Å². The summed E-state index contributed by atoms with van der Waals surface area (Å²) in [6, 6.07) is 2.87. The summed E-state index contributed by atoms with van der Waals surface area (Å²) >= 11 is 0. The molecule has 0 radical (unpaired) electrons. The van der Waals surface area contributed by atoms with Gasteiger partial charge >= 0.3 is 0 Å². The van der Waals surface area contributed by atoms with Crippen molar-refractivity contribution >= 4 is 17.5 Å². The van der Waals surface area contributed by atoms with Gasteiger partial charge in [0.1, 0.15) is 17.3 Å². The number of halogens is 2. The lowest BCUT2D eigenvalue weighted by Gasteiger charge is -2.36. The number of carbonyl (C=O) groups excluding carboxylic acids is 2. The molecule has 0 aliphatic carbocycles. The molecule has 3 atom stereocenters. The number of nitrogens with zero attached hydrogens (tertiary/aromatic N) is 1. The number of piperidine rings is 1. The third-order valence-electron chi connectivity index (χ3n) is 5.63. The van der Waals surface area contributed by atoms with Gasteiger partial charge in [0.2, 0.25) is 11.8 Å². The summed E-state index contributed by atoms with van der Waals surface area (Å²) < 4.78 is 27.5. The Balaban J connectivity index is 1.51. The van der Waals surface area contributed by atoms with Crippen LogP contribution >= 0.6 is 0 Å². The van der Waals surface area contributed by atoms with Gasteiger partial charge in [0.25, 0.3) is 0 Å². The Labute approximate surface area is 164 Å². The van der Waals surface area contributed by atoms with Crippen LogP contribution in [0.4, 0.5) is 14.5 Å². The minimum atomic E-state index is -0.791. The number of anilines is 1. The van der Waals surface area contributed by atoms with Crippen LogP contribution in [0.2, 0.25) is 0 Å². The molecule has 3 N–H and O–H groups in total. The minimum Gasteiger partial charge on any atom is -0.354 e. The molecule has 3 rings (SSSR count). The van der Waals surface area contributed by atoms with E-state index in [1.165, 1.54) is 6.07 Å². The normalized spacial score (nSPS) is 24.0. The Morgan fingerprint density at radius 3 is 2.68 bits per heavy atom. The number of benzene rings is 1. The van der Waals surface area contributed by atoms with E-state index in [2.05, 4.69) is 16.0 Å². The van der Waals surface area contributed by atoms with E-state index in [9.17, 15) is 18.4 Å². The van der Waals surface area contributed by atoms with Crippen molar-refractivity contribution < 1.29 is 18.4 Å². The summed E-state index contributed by atoms with van der Waals surface area (Å²) in [5.74, 6) is -1.74. The Morgan fingerprint density at radius 1 is 1.25 bits per heavy atom. The van der Waals surface area contributed by atoms with Crippen molar-refractivity contribution in [3.05, 3.63) is 29.8 Å². The molecule has 2 amide bonds. The lowest BCUT2D eigenvalue weighted by atomic mass is 9.96. The zero-order valence-corrected chi connectivity index (χ0v) is 16.1. The van der Waals surface area contributed by atoms with E-state index in [0.717, 1.165) is 50.9 Å². The molecule has 2 aliphatic rings. The lowest BCUT2D eigenvalue weighted by molar-refractivity contribution is -0.124. The fraction of sp³-hybridized carbons (Fsp3) is 0.600. The molecule has 1 aromatic rings. The molecule has 2 fully saturated rings. The first-order chi connectivity index (χ1) is 13.5. The van der Waals surface area contributed by atoms with Crippen molar-refractivity contribution in [2.24, 2.45) is 5.92 Å². The molecule has 0 aromatic heterocycles. The monoisotopic (exact) mass is 394 g/mol. The second-order valence-electron chi connectivity index (χ2n) is 7.66. The van der Waals surface area contributed by atoms with E-state index >= 15 is 0 Å². The fourth-order valence-corrected chi connectivity index (χ4v) is 3.90. The number of hydrogen-bond donors (Lipinski definition) is 3. The second kappa shape index (κ2) is 9.43. The second-order valence-corrected chi connectivity index (χ2v) is 7.66. The van der Waals surface area contributed by atoms with Crippen LogP contribution < -0.4 is 16.0 Å². The molecule has 8 heteroatoms. The summed E-state index contributed by atoms with van der Waals surface area (Å²) in [6.45, 7) is 4.58. The molecule has 0 bridgehead atoms. The zero-order chi connectivity index (χ0) is 20.1. The summed E-state index contributed by atoms with van der Waals surface area (Å²) in [4.78, 5) is 26.7. The summed E-state index contributed by atoms with van der Waals surface area (Å²) in [5.41, 5.74) is -0.413. The van der Waals surface area contributed by atoms with Crippen molar-refractivity contribution in [2.75, 3.05) is 31.5 Å². The van der Waals surface area contributed by atoms with Crippen LogP contribution in [0.1, 0.15) is 32.6 Å². The largest absolute Gasteiger partial charge is 0.354 e. The maximum absolute atomic E-state index is 13.8. The zero-order valence-electron chi connectivity index (χ0n) is 16.1. The van der Waals surface area contributed by atoms with Crippen LogP contribution in [0.25, 0.3) is 0 Å². The highest BCUT2D eigenvalue weighted by molar-refractivity contribution is 5.94. The molecule has 0 spiro atoms. The Hall–Kier alpha value is -2.06. The highest BCUT2D eigenvalue weighted by atomic mass is 19.1. The van der Waals surface area contributed by atoms with Crippen LogP contribution in [0.15, 0.2) is 18.2 Å². The van der Waals surface area contributed by atoms with Gasteiger partial charge in [-0.25, -0.2) is 8.78 Å². The molecule has 1 aromatic carbocycles. The van der Waals surface area contributed by atoms with E-state index in [0.29, 0.717) is 13.1 Å². The average molecular weight is 394 g/mol. The van der Waals surface area contributed by atoms with Crippen molar-refractivity contribution in [3.63, 3.8) is 0 Å². The predicted octanol–water partition coefficient (Wildman–Crippen LogP) is 1.87. The van der Waals surface area contributed by atoms with Gasteiger partial charge in [0.05, 0.1) is 12.1 Å². The van der Waals surface area contributed by atoms with Crippen molar-refractivity contribution in [2.45, 2.75) is 44.7 Å². The van der Waals surface area contributed by atoms with E-state index in [1.54, 1.807) is 6.92 Å². The number of likely N-dealkylation sites (tertiary alicyclic amines) is 1. The molecule has 2 saturated heterocycles. The number of carbonyl (C=O) groups is 2. The molecular formula is C20H28F2N4O2. The van der Waals surface area contributed by atoms with Gasteiger partial charge < -0.3 is 16.0 Å². The van der Waals surface area contributed by atoms with E-state index in [-0.39, 0.29) is 17.9 Å². The van der Waals surface area contributed by atoms with Crippen LogP contribution in [0.5, 0.6) is 0 Å². The quantitative estimate of drug-likeness (QED) is 0.689. The van der Waals surface area contributed by atoms with Gasteiger partial charge in [-0.15, -0.1) is 0 Å². The Morgan fingerprint density at radius 2 is 2.00 bits per heavy atom. The van der Waals surface area contributed by atoms with Crippen molar-refractivity contribution in [1.82, 2.24) is 15.5 Å². The third-order valence-corrected chi connectivity index (χ3v) is 5.63. The highest BCUT2D eigenvalue weighted by Crippen LogP contribution is 2.21. The number of para-hydroxylation sites is 1. The van der Waals surface area contributed by atoms with E-state index in [4.69, 9.17) is 0 Å². The Kier molecular flexibility index (Phi) is 6.96. The van der Waals surface area contributed by atoms with Crippen LogP contribution in [-0.4, -0.2) is 55.0 Å². The molecule has 6 nitrogen and oxygen atoms in total. The van der Waals surface area contributed by atoms with Crippen LogP contribution in [0, 0.1) is 17.6 Å². The van der Waals surface area contributed by atoms with Gasteiger partial charge in [-0.05, 0) is 63.7 Å². The molecule has 2 heterocycles. The molecule has 28 heavy (non-hydrogen) atoms. The molecule has 154 valence electrons. The SMILES string of the molecule is CC(C(=O)Nc1c(F)cccc1F)N1CCCC(CNC(=O)C2CCCN2)C1. The first-order valence-corrected chi connectivity index (χ1v) is 9.95.